The molecule has 30 heavy (non-hydrogen) atoms. The number of benzene rings is 1. The Labute approximate surface area is 179 Å². The number of aryl methyl sites for hydroxylation is 2. The van der Waals surface area contributed by atoms with E-state index in [0.717, 1.165) is 27.8 Å². The van der Waals surface area contributed by atoms with Crippen molar-refractivity contribution in [2.24, 2.45) is 17.6 Å². The summed E-state index contributed by atoms with van der Waals surface area (Å²) < 4.78 is 0. The lowest BCUT2D eigenvalue weighted by molar-refractivity contribution is -0.146. The van der Waals surface area contributed by atoms with Crippen LogP contribution in [0, 0.1) is 25.7 Å². The van der Waals surface area contributed by atoms with Crippen LogP contribution in [0.2, 0.25) is 0 Å². The maximum absolute atomic E-state index is 13.0. The standard InChI is InChI=1S/C23H26N2O4S/c1-11-5-6-15(7-12(11)2)18-10-30-22(19(18)20(24)26)25-21(27)16-8-13(3)14(4)9-17(16)23(28)29/h5-7,10,16-17H,8-9H2,1-4H3,(H2,24,26)(H,25,27)(H,28,29)/t16-,17+/m0/s1. The van der Waals surface area contributed by atoms with Crippen molar-refractivity contribution in [2.75, 3.05) is 5.32 Å². The number of nitrogens with one attached hydrogen (secondary N) is 1. The molecule has 1 heterocycles. The zero-order chi connectivity index (χ0) is 22.2. The second kappa shape index (κ2) is 8.44. The van der Waals surface area contributed by atoms with Gasteiger partial charge in [-0.25, -0.2) is 0 Å². The molecule has 7 heteroatoms. The summed E-state index contributed by atoms with van der Waals surface area (Å²) >= 11 is 1.22. The predicted octanol–water partition coefficient (Wildman–Crippen LogP) is 4.52. The van der Waals surface area contributed by atoms with E-state index in [4.69, 9.17) is 5.73 Å². The first-order valence-electron chi connectivity index (χ1n) is 9.78. The molecule has 4 N–H and O–H groups in total. The second-order valence-corrected chi connectivity index (χ2v) is 8.91. The minimum Gasteiger partial charge on any atom is -0.481 e. The van der Waals surface area contributed by atoms with Crippen molar-refractivity contribution in [1.29, 1.82) is 0 Å². The van der Waals surface area contributed by atoms with Gasteiger partial charge in [0.05, 0.1) is 17.4 Å². The summed E-state index contributed by atoms with van der Waals surface area (Å²) in [5, 5.41) is 14.5. The normalized spacial score (nSPS) is 18.9. The predicted molar refractivity (Wildman–Crippen MR) is 119 cm³/mol. The summed E-state index contributed by atoms with van der Waals surface area (Å²) in [6, 6.07) is 5.87. The number of hydrogen-bond donors (Lipinski definition) is 3. The monoisotopic (exact) mass is 426 g/mol. The van der Waals surface area contributed by atoms with E-state index in [1.54, 1.807) is 5.38 Å². The molecule has 2 aromatic rings. The van der Waals surface area contributed by atoms with Crippen LogP contribution in [0.5, 0.6) is 0 Å². The highest BCUT2D eigenvalue weighted by atomic mass is 32.1. The third-order valence-electron chi connectivity index (χ3n) is 6.01. The van der Waals surface area contributed by atoms with Gasteiger partial charge in [-0.15, -0.1) is 11.3 Å². The summed E-state index contributed by atoms with van der Waals surface area (Å²) in [7, 11) is 0. The van der Waals surface area contributed by atoms with Crippen LogP contribution in [0.3, 0.4) is 0 Å². The Morgan fingerprint density at radius 3 is 2.23 bits per heavy atom. The summed E-state index contributed by atoms with van der Waals surface area (Å²) in [6.45, 7) is 7.82. The zero-order valence-corrected chi connectivity index (χ0v) is 18.4. The molecule has 0 spiro atoms. The van der Waals surface area contributed by atoms with Gasteiger partial charge in [-0.2, -0.15) is 0 Å². The van der Waals surface area contributed by atoms with Crippen LogP contribution in [-0.2, 0) is 9.59 Å². The summed E-state index contributed by atoms with van der Waals surface area (Å²) in [5.74, 6) is -3.50. The number of carboxylic acids is 1. The SMILES string of the molecule is CC1=C(C)C[C@@H](C(=O)O)[C@@H](C(=O)Nc2scc(-c3ccc(C)c(C)c3)c2C(N)=O)C1. The molecule has 1 aromatic carbocycles. The molecule has 6 nitrogen and oxygen atoms in total. The van der Waals surface area contributed by atoms with Crippen LogP contribution in [0.1, 0.15) is 48.2 Å². The van der Waals surface area contributed by atoms with E-state index in [1.807, 2.05) is 45.9 Å². The van der Waals surface area contributed by atoms with E-state index >= 15 is 0 Å². The zero-order valence-electron chi connectivity index (χ0n) is 17.5. The molecule has 0 radical (unpaired) electrons. The fourth-order valence-electron chi connectivity index (χ4n) is 3.85. The molecule has 0 unspecified atom stereocenters. The first-order valence-corrected chi connectivity index (χ1v) is 10.7. The number of carbonyl (C=O) groups excluding carboxylic acids is 2. The van der Waals surface area contributed by atoms with Crippen molar-refractivity contribution in [1.82, 2.24) is 0 Å². The summed E-state index contributed by atoms with van der Waals surface area (Å²) in [5.41, 5.74) is 11.7. The van der Waals surface area contributed by atoms with Crippen LogP contribution in [-0.4, -0.2) is 22.9 Å². The van der Waals surface area contributed by atoms with Crippen molar-refractivity contribution in [3.8, 4) is 11.1 Å². The lowest BCUT2D eigenvalue weighted by Gasteiger charge is -2.29. The van der Waals surface area contributed by atoms with Crippen LogP contribution in [0.25, 0.3) is 11.1 Å². The van der Waals surface area contributed by atoms with Gasteiger partial charge in [0, 0.05) is 10.9 Å². The molecule has 1 aliphatic rings. The number of thiophene rings is 1. The number of carbonyl (C=O) groups is 3. The van der Waals surface area contributed by atoms with Gasteiger partial charge in [-0.3, -0.25) is 14.4 Å². The average Bonchev–Trinajstić information content (AvgIpc) is 3.09. The Hall–Kier alpha value is -2.93. The minimum atomic E-state index is -0.987. The maximum atomic E-state index is 13.0. The van der Waals surface area contributed by atoms with Crippen molar-refractivity contribution < 1.29 is 19.5 Å². The van der Waals surface area contributed by atoms with Gasteiger partial charge in [0.15, 0.2) is 0 Å². The Kier molecular flexibility index (Phi) is 6.12. The fraction of sp³-hybridized carbons (Fsp3) is 0.348. The van der Waals surface area contributed by atoms with E-state index in [1.165, 1.54) is 11.3 Å². The van der Waals surface area contributed by atoms with Crippen molar-refractivity contribution in [3.63, 3.8) is 0 Å². The van der Waals surface area contributed by atoms with Crippen molar-refractivity contribution >= 4 is 34.1 Å². The first-order chi connectivity index (χ1) is 14.1. The van der Waals surface area contributed by atoms with Gasteiger partial charge in [0.25, 0.3) is 5.91 Å². The van der Waals surface area contributed by atoms with E-state index in [-0.39, 0.29) is 5.56 Å². The molecule has 0 saturated carbocycles. The Bertz CT molecular complexity index is 1070. The third-order valence-corrected chi connectivity index (χ3v) is 6.91. The topological polar surface area (TPSA) is 109 Å². The molecule has 158 valence electrons. The van der Waals surface area contributed by atoms with Gasteiger partial charge in [0.1, 0.15) is 5.00 Å². The smallest absolute Gasteiger partial charge is 0.307 e. The number of amides is 2. The van der Waals surface area contributed by atoms with Crippen molar-refractivity contribution in [3.05, 3.63) is 51.4 Å². The lowest BCUT2D eigenvalue weighted by atomic mass is 9.76. The highest BCUT2D eigenvalue weighted by Gasteiger charge is 2.37. The second-order valence-electron chi connectivity index (χ2n) is 8.03. The Morgan fingerprint density at radius 2 is 1.67 bits per heavy atom. The van der Waals surface area contributed by atoms with Crippen LogP contribution >= 0.6 is 11.3 Å². The van der Waals surface area contributed by atoms with Gasteiger partial charge in [-0.1, -0.05) is 29.3 Å². The van der Waals surface area contributed by atoms with Crippen LogP contribution < -0.4 is 11.1 Å². The number of allylic oxidation sites excluding steroid dienone is 2. The Balaban J connectivity index is 1.94. The number of primary amides is 1. The van der Waals surface area contributed by atoms with Gasteiger partial charge >= 0.3 is 5.97 Å². The largest absolute Gasteiger partial charge is 0.481 e. The molecule has 2 amide bonds. The number of carboxylic acid groups (broad SMARTS) is 1. The molecule has 3 rings (SSSR count). The molecular formula is C23H26N2O4S. The molecule has 0 saturated heterocycles. The molecule has 0 fully saturated rings. The van der Waals surface area contributed by atoms with E-state index in [9.17, 15) is 19.5 Å². The highest BCUT2D eigenvalue weighted by molar-refractivity contribution is 7.15. The Morgan fingerprint density at radius 1 is 1.03 bits per heavy atom. The molecular weight excluding hydrogens is 400 g/mol. The quantitative estimate of drug-likeness (QED) is 0.611. The average molecular weight is 427 g/mol. The highest BCUT2D eigenvalue weighted by Crippen LogP contribution is 2.39. The third kappa shape index (κ3) is 4.16. The van der Waals surface area contributed by atoms with E-state index < -0.39 is 29.6 Å². The first kappa shape index (κ1) is 21.8. The van der Waals surface area contributed by atoms with Gasteiger partial charge in [-0.05, 0) is 57.2 Å². The maximum Gasteiger partial charge on any atom is 0.307 e. The number of nitrogens with two attached hydrogens (primary N) is 1. The molecule has 0 aliphatic heterocycles. The number of hydrogen-bond acceptors (Lipinski definition) is 4. The molecule has 2 atom stereocenters. The summed E-state index contributed by atoms with van der Waals surface area (Å²) in [6.07, 6.45) is 0.732. The minimum absolute atomic E-state index is 0.253. The van der Waals surface area contributed by atoms with Gasteiger partial charge in [0.2, 0.25) is 5.91 Å². The number of aliphatic carboxylic acids is 1. The number of rotatable bonds is 5. The number of anilines is 1. The molecule has 1 aliphatic carbocycles. The molecule has 1 aromatic heterocycles. The fourth-order valence-corrected chi connectivity index (χ4v) is 4.83. The molecule has 0 bridgehead atoms. The summed E-state index contributed by atoms with van der Waals surface area (Å²) in [4.78, 5) is 37.0. The van der Waals surface area contributed by atoms with E-state index in [2.05, 4.69) is 5.32 Å². The van der Waals surface area contributed by atoms with Crippen LogP contribution in [0.4, 0.5) is 5.00 Å². The van der Waals surface area contributed by atoms with E-state index in [0.29, 0.717) is 23.4 Å². The van der Waals surface area contributed by atoms with Crippen LogP contribution in [0.15, 0.2) is 34.7 Å². The van der Waals surface area contributed by atoms with Crippen molar-refractivity contribution in [2.45, 2.75) is 40.5 Å². The van der Waals surface area contributed by atoms with Gasteiger partial charge < -0.3 is 16.2 Å². The lowest BCUT2D eigenvalue weighted by Crippen LogP contribution is -2.36.